The Hall–Kier alpha value is -3.21. The van der Waals surface area contributed by atoms with Gasteiger partial charge in [0.25, 0.3) is 5.91 Å². The number of aryl methyl sites for hydroxylation is 2. The van der Waals surface area contributed by atoms with Gasteiger partial charge in [-0.2, -0.15) is 0 Å². The SMILES string of the molecule is Cc1ccc2nc3c(c(C(=O)OCC(=O)NCc4ccccc4)c2c1)CCCC3. The Balaban J connectivity index is 1.52. The van der Waals surface area contributed by atoms with Gasteiger partial charge in [-0.1, -0.05) is 42.0 Å². The van der Waals surface area contributed by atoms with Crippen molar-refractivity contribution in [2.75, 3.05) is 6.61 Å². The van der Waals surface area contributed by atoms with Gasteiger partial charge in [0.05, 0.1) is 11.1 Å². The van der Waals surface area contributed by atoms with Crippen molar-refractivity contribution in [3.05, 3.63) is 76.5 Å². The third-order valence-electron chi connectivity index (χ3n) is 5.29. The molecular weight excluding hydrogens is 364 g/mol. The third kappa shape index (κ3) is 4.29. The second kappa shape index (κ2) is 8.43. The molecule has 1 aliphatic carbocycles. The molecule has 0 atom stereocenters. The van der Waals surface area contributed by atoms with Crippen molar-refractivity contribution in [1.29, 1.82) is 0 Å². The van der Waals surface area contributed by atoms with E-state index in [0.29, 0.717) is 12.1 Å². The van der Waals surface area contributed by atoms with E-state index in [-0.39, 0.29) is 12.5 Å². The van der Waals surface area contributed by atoms with Gasteiger partial charge in [0.2, 0.25) is 0 Å². The van der Waals surface area contributed by atoms with E-state index in [1.165, 1.54) is 0 Å². The molecule has 1 N–H and O–H groups in total. The first-order valence-corrected chi connectivity index (χ1v) is 10.0. The molecule has 3 aromatic rings. The van der Waals surface area contributed by atoms with Gasteiger partial charge in [0.15, 0.2) is 6.61 Å². The van der Waals surface area contributed by atoms with Crippen LogP contribution in [-0.2, 0) is 28.9 Å². The van der Waals surface area contributed by atoms with E-state index >= 15 is 0 Å². The van der Waals surface area contributed by atoms with Crippen LogP contribution in [0.1, 0.15) is 45.6 Å². The second-order valence-corrected chi connectivity index (χ2v) is 7.48. The van der Waals surface area contributed by atoms with E-state index in [4.69, 9.17) is 9.72 Å². The van der Waals surface area contributed by atoms with Gasteiger partial charge < -0.3 is 10.1 Å². The summed E-state index contributed by atoms with van der Waals surface area (Å²) in [6, 6.07) is 15.5. The molecule has 0 spiro atoms. The van der Waals surface area contributed by atoms with Crippen molar-refractivity contribution < 1.29 is 14.3 Å². The minimum atomic E-state index is -0.448. The maximum atomic E-state index is 13.0. The van der Waals surface area contributed by atoms with Crippen LogP contribution in [0.3, 0.4) is 0 Å². The van der Waals surface area contributed by atoms with Crippen LogP contribution in [0.4, 0.5) is 0 Å². The summed E-state index contributed by atoms with van der Waals surface area (Å²) in [7, 11) is 0. The molecule has 0 aliphatic heterocycles. The molecule has 0 bridgehead atoms. The minimum absolute atomic E-state index is 0.296. The Morgan fingerprint density at radius 2 is 1.86 bits per heavy atom. The molecule has 29 heavy (non-hydrogen) atoms. The number of carbonyl (C=O) groups is 2. The van der Waals surface area contributed by atoms with Crippen molar-refractivity contribution in [2.45, 2.75) is 39.2 Å². The summed E-state index contributed by atoms with van der Waals surface area (Å²) in [4.78, 5) is 29.9. The Bertz CT molecular complexity index is 1060. The Morgan fingerprint density at radius 3 is 2.69 bits per heavy atom. The van der Waals surface area contributed by atoms with E-state index in [0.717, 1.165) is 59.0 Å². The number of rotatable bonds is 5. The van der Waals surface area contributed by atoms with Crippen LogP contribution < -0.4 is 5.32 Å². The molecular formula is C24H24N2O3. The van der Waals surface area contributed by atoms with Crippen LogP contribution in [0.5, 0.6) is 0 Å². The second-order valence-electron chi connectivity index (χ2n) is 7.48. The molecule has 0 saturated carbocycles. The number of amides is 1. The number of hydrogen-bond donors (Lipinski definition) is 1. The molecule has 1 aliphatic rings. The molecule has 5 heteroatoms. The number of fused-ring (bicyclic) bond motifs is 2. The number of hydrogen-bond acceptors (Lipinski definition) is 4. The first-order chi connectivity index (χ1) is 14.1. The van der Waals surface area contributed by atoms with E-state index in [2.05, 4.69) is 5.32 Å². The maximum Gasteiger partial charge on any atom is 0.339 e. The van der Waals surface area contributed by atoms with E-state index < -0.39 is 5.97 Å². The fraction of sp³-hybridized carbons (Fsp3) is 0.292. The number of pyridine rings is 1. The van der Waals surface area contributed by atoms with Crippen LogP contribution in [0, 0.1) is 6.92 Å². The maximum absolute atomic E-state index is 13.0. The minimum Gasteiger partial charge on any atom is -0.452 e. The summed E-state index contributed by atoms with van der Waals surface area (Å²) in [5.74, 6) is -0.762. The summed E-state index contributed by atoms with van der Waals surface area (Å²) in [6.07, 6.45) is 3.80. The number of esters is 1. The predicted octanol–water partition coefficient (Wildman–Crippen LogP) is 3.90. The molecule has 0 unspecified atom stereocenters. The summed E-state index contributed by atoms with van der Waals surface area (Å²) in [6.45, 7) is 2.10. The molecule has 0 saturated heterocycles. The molecule has 148 valence electrons. The predicted molar refractivity (Wildman–Crippen MR) is 112 cm³/mol. The van der Waals surface area contributed by atoms with Crippen LogP contribution >= 0.6 is 0 Å². The highest BCUT2D eigenvalue weighted by Gasteiger charge is 2.24. The van der Waals surface area contributed by atoms with E-state index in [9.17, 15) is 9.59 Å². The molecule has 0 fully saturated rings. The van der Waals surface area contributed by atoms with E-state index in [1.54, 1.807) is 0 Å². The standard InChI is InChI=1S/C24H24N2O3/c1-16-11-12-21-19(13-16)23(18-9-5-6-10-20(18)26-21)24(28)29-15-22(27)25-14-17-7-3-2-4-8-17/h2-4,7-8,11-13H,5-6,9-10,14-15H2,1H3,(H,25,27). The lowest BCUT2D eigenvalue weighted by Crippen LogP contribution is -2.28. The highest BCUT2D eigenvalue weighted by molar-refractivity contribution is 6.05. The van der Waals surface area contributed by atoms with Crippen molar-refractivity contribution in [2.24, 2.45) is 0 Å². The summed E-state index contributed by atoms with van der Waals surface area (Å²) in [5, 5.41) is 3.59. The number of benzene rings is 2. The molecule has 5 nitrogen and oxygen atoms in total. The quantitative estimate of drug-likeness (QED) is 0.673. The smallest absolute Gasteiger partial charge is 0.339 e. The molecule has 1 heterocycles. The lowest BCUT2D eigenvalue weighted by atomic mass is 9.89. The highest BCUT2D eigenvalue weighted by atomic mass is 16.5. The molecule has 1 aromatic heterocycles. The van der Waals surface area contributed by atoms with Gasteiger partial charge in [-0.25, -0.2) is 4.79 Å². The summed E-state index contributed by atoms with van der Waals surface area (Å²) < 4.78 is 5.41. The molecule has 2 aromatic carbocycles. The monoisotopic (exact) mass is 388 g/mol. The lowest BCUT2D eigenvalue weighted by Gasteiger charge is -2.20. The topological polar surface area (TPSA) is 68.3 Å². The van der Waals surface area contributed by atoms with Gasteiger partial charge in [0.1, 0.15) is 0 Å². The van der Waals surface area contributed by atoms with Crippen LogP contribution in [-0.4, -0.2) is 23.5 Å². The largest absolute Gasteiger partial charge is 0.452 e. The van der Waals surface area contributed by atoms with E-state index in [1.807, 2.05) is 55.5 Å². The number of nitrogens with one attached hydrogen (secondary N) is 1. The molecule has 0 radical (unpaired) electrons. The first-order valence-electron chi connectivity index (χ1n) is 10.0. The number of aromatic nitrogens is 1. The Labute approximate surface area is 170 Å². The number of nitrogens with zero attached hydrogens (tertiary/aromatic N) is 1. The van der Waals surface area contributed by atoms with Gasteiger partial charge in [-0.3, -0.25) is 9.78 Å². The van der Waals surface area contributed by atoms with Gasteiger partial charge in [-0.05, 0) is 55.9 Å². The average molecular weight is 388 g/mol. The third-order valence-corrected chi connectivity index (χ3v) is 5.29. The summed E-state index contributed by atoms with van der Waals surface area (Å²) in [5.41, 5.74) is 5.39. The zero-order valence-corrected chi connectivity index (χ0v) is 16.5. The van der Waals surface area contributed by atoms with Crippen molar-refractivity contribution in [3.63, 3.8) is 0 Å². The van der Waals surface area contributed by atoms with Crippen molar-refractivity contribution in [1.82, 2.24) is 10.3 Å². The number of carbonyl (C=O) groups excluding carboxylic acids is 2. The average Bonchev–Trinajstić information content (AvgIpc) is 2.75. The first kappa shape index (κ1) is 19.1. The fourth-order valence-corrected chi connectivity index (χ4v) is 3.82. The summed E-state index contributed by atoms with van der Waals surface area (Å²) >= 11 is 0. The van der Waals surface area contributed by atoms with Crippen LogP contribution in [0.25, 0.3) is 10.9 Å². The van der Waals surface area contributed by atoms with Crippen LogP contribution in [0.15, 0.2) is 48.5 Å². The Morgan fingerprint density at radius 1 is 1.07 bits per heavy atom. The Kier molecular flexibility index (Phi) is 5.56. The van der Waals surface area contributed by atoms with Crippen LogP contribution in [0.2, 0.25) is 0 Å². The van der Waals surface area contributed by atoms with Gasteiger partial charge >= 0.3 is 5.97 Å². The van der Waals surface area contributed by atoms with Gasteiger partial charge in [-0.15, -0.1) is 0 Å². The fourth-order valence-electron chi connectivity index (χ4n) is 3.82. The van der Waals surface area contributed by atoms with Gasteiger partial charge in [0, 0.05) is 17.6 Å². The lowest BCUT2D eigenvalue weighted by molar-refractivity contribution is -0.124. The zero-order valence-electron chi connectivity index (χ0n) is 16.5. The highest BCUT2D eigenvalue weighted by Crippen LogP contribution is 2.30. The normalized spacial score (nSPS) is 13.0. The molecule has 1 amide bonds. The molecule has 4 rings (SSSR count). The zero-order chi connectivity index (χ0) is 20.2. The number of ether oxygens (including phenoxy) is 1. The van der Waals surface area contributed by atoms with Crippen molar-refractivity contribution >= 4 is 22.8 Å². The van der Waals surface area contributed by atoms with Crippen molar-refractivity contribution in [3.8, 4) is 0 Å².